The van der Waals surface area contributed by atoms with Gasteiger partial charge in [-0.3, -0.25) is 4.98 Å². The molecule has 0 atom stereocenters. The van der Waals surface area contributed by atoms with Crippen LogP contribution in [0.2, 0.25) is 0 Å². The van der Waals surface area contributed by atoms with Crippen LogP contribution in [0.3, 0.4) is 0 Å². The Balaban J connectivity index is 2.28. The summed E-state index contributed by atoms with van der Waals surface area (Å²) in [5.41, 5.74) is 7.69. The molecule has 2 N–H and O–H groups in total. The molecule has 2 aromatic rings. The molecule has 5 nitrogen and oxygen atoms in total. The average Bonchev–Trinajstić information content (AvgIpc) is 2.56. The van der Waals surface area contributed by atoms with Gasteiger partial charge >= 0.3 is 0 Å². The Morgan fingerprint density at radius 3 is 3.20 bits per heavy atom. The van der Waals surface area contributed by atoms with E-state index in [1.807, 2.05) is 10.6 Å². The van der Waals surface area contributed by atoms with Crippen LogP contribution in [0.4, 0.5) is 5.95 Å². The number of ether oxygens (including phenoxy) is 1. The van der Waals surface area contributed by atoms with E-state index in [1.165, 1.54) is 0 Å². The molecule has 80 valence electrons. The number of fused-ring (bicyclic) bond motifs is 1. The lowest BCUT2D eigenvalue weighted by Crippen LogP contribution is -2.05. The normalized spacial score (nSPS) is 11.0. The number of hydrogen-bond acceptors (Lipinski definition) is 4. The molecule has 0 spiro atoms. The summed E-state index contributed by atoms with van der Waals surface area (Å²) >= 11 is 0. The van der Waals surface area contributed by atoms with Crippen molar-refractivity contribution in [2.75, 3.05) is 19.5 Å². The van der Waals surface area contributed by atoms with Crippen molar-refractivity contribution in [3.05, 3.63) is 18.5 Å². The quantitative estimate of drug-likeness (QED) is 0.759. The smallest absolute Gasteiger partial charge is 0.201 e. The second-order valence-corrected chi connectivity index (χ2v) is 3.33. The molecule has 0 aromatic carbocycles. The first-order valence-corrected chi connectivity index (χ1v) is 4.87. The van der Waals surface area contributed by atoms with Gasteiger partial charge in [-0.15, -0.1) is 0 Å². The van der Waals surface area contributed by atoms with Gasteiger partial charge in [0.2, 0.25) is 5.95 Å². The van der Waals surface area contributed by atoms with Gasteiger partial charge < -0.3 is 15.0 Å². The number of anilines is 1. The number of hydrogen-bond donors (Lipinski definition) is 1. The molecule has 15 heavy (non-hydrogen) atoms. The van der Waals surface area contributed by atoms with Gasteiger partial charge in [-0.25, -0.2) is 4.98 Å². The standard InChI is InChI=1S/C10H14N4O/c1-15-6-2-5-14-9-3-4-12-7-8(9)13-10(14)11/h3-4,7H,2,5-6H2,1H3,(H2,11,13). The summed E-state index contributed by atoms with van der Waals surface area (Å²) < 4.78 is 6.99. The van der Waals surface area contributed by atoms with E-state index in [9.17, 15) is 0 Å². The third-order valence-electron chi connectivity index (χ3n) is 2.31. The van der Waals surface area contributed by atoms with Crippen LogP contribution in [0.25, 0.3) is 11.0 Å². The fourth-order valence-corrected chi connectivity index (χ4v) is 1.60. The first kappa shape index (κ1) is 9.92. The molecule has 0 aliphatic heterocycles. The highest BCUT2D eigenvalue weighted by Gasteiger charge is 2.06. The second kappa shape index (κ2) is 4.27. The van der Waals surface area contributed by atoms with Gasteiger partial charge in [0.1, 0.15) is 5.52 Å². The summed E-state index contributed by atoms with van der Waals surface area (Å²) in [6.45, 7) is 1.55. The van der Waals surface area contributed by atoms with Crippen molar-refractivity contribution in [3.8, 4) is 0 Å². The molecule has 0 bridgehead atoms. The minimum Gasteiger partial charge on any atom is -0.385 e. The zero-order valence-corrected chi connectivity index (χ0v) is 8.68. The molecule has 0 radical (unpaired) electrons. The highest BCUT2D eigenvalue weighted by Crippen LogP contribution is 2.16. The minimum absolute atomic E-state index is 0.536. The first-order valence-electron chi connectivity index (χ1n) is 4.87. The number of pyridine rings is 1. The number of aromatic nitrogens is 3. The van der Waals surface area contributed by atoms with E-state index in [1.54, 1.807) is 19.5 Å². The molecule has 5 heteroatoms. The SMILES string of the molecule is COCCCn1c(N)nc2cnccc21. The Morgan fingerprint density at radius 2 is 2.40 bits per heavy atom. The van der Waals surface area contributed by atoms with E-state index in [0.29, 0.717) is 5.95 Å². The lowest BCUT2D eigenvalue weighted by Gasteiger charge is -2.05. The van der Waals surface area contributed by atoms with Crippen molar-refractivity contribution in [3.63, 3.8) is 0 Å². The van der Waals surface area contributed by atoms with E-state index in [4.69, 9.17) is 10.5 Å². The molecule has 0 amide bonds. The van der Waals surface area contributed by atoms with E-state index in [-0.39, 0.29) is 0 Å². The summed E-state index contributed by atoms with van der Waals surface area (Å²) in [7, 11) is 1.69. The largest absolute Gasteiger partial charge is 0.385 e. The van der Waals surface area contributed by atoms with Crippen molar-refractivity contribution in [1.82, 2.24) is 14.5 Å². The number of nitrogen functional groups attached to an aromatic ring is 1. The van der Waals surface area contributed by atoms with E-state index < -0.39 is 0 Å². The van der Waals surface area contributed by atoms with Crippen LogP contribution in [-0.2, 0) is 11.3 Å². The zero-order valence-electron chi connectivity index (χ0n) is 8.68. The second-order valence-electron chi connectivity index (χ2n) is 3.33. The number of aryl methyl sites for hydroxylation is 1. The Morgan fingerprint density at radius 1 is 1.53 bits per heavy atom. The summed E-state index contributed by atoms with van der Waals surface area (Å²) in [4.78, 5) is 8.24. The lowest BCUT2D eigenvalue weighted by atomic mass is 10.4. The lowest BCUT2D eigenvalue weighted by molar-refractivity contribution is 0.191. The number of rotatable bonds is 4. The predicted molar refractivity (Wildman–Crippen MR) is 58.4 cm³/mol. The van der Waals surface area contributed by atoms with Crippen LogP contribution in [0, 0.1) is 0 Å². The van der Waals surface area contributed by atoms with Gasteiger partial charge in [-0.05, 0) is 12.5 Å². The van der Waals surface area contributed by atoms with E-state index in [0.717, 1.165) is 30.6 Å². The maximum Gasteiger partial charge on any atom is 0.201 e. The molecule has 0 unspecified atom stereocenters. The molecule has 0 saturated carbocycles. The third-order valence-corrected chi connectivity index (χ3v) is 2.31. The Bertz CT molecular complexity index is 452. The van der Waals surface area contributed by atoms with Crippen LogP contribution >= 0.6 is 0 Å². The fraction of sp³-hybridized carbons (Fsp3) is 0.400. The topological polar surface area (TPSA) is 66.0 Å². The molecule has 2 rings (SSSR count). The van der Waals surface area contributed by atoms with Crippen molar-refractivity contribution >= 4 is 17.0 Å². The van der Waals surface area contributed by atoms with Crippen molar-refractivity contribution in [1.29, 1.82) is 0 Å². The van der Waals surface area contributed by atoms with Crippen LogP contribution in [-0.4, -0.2) is 28.3 Å². The Hall–Kier alpha value is -1.62. The van der Waals surface area contributed by atoms with Gasteiger partial charge in [0.05, 0.1) is 11.7 Å². The molecule has 0 saturated heterocycles. The third kappa shape index (κ3) is 1.92. The number of nitrogens with two attached hydrogens (primary N) is 1. The van der Waals surface area contributed by atoms with Crippen LogP contribution in [0.5, 0.6) is 0 Å². The van der Waals surface area contributed by atoms with Crippen molar-refractivity contribution < 1.29 is 4.74 Å². The van der Waals surface area contributed by atoms with Gasteiger partial charge in [-0.1, -0.05) is 0 Å². The highest BCUT2D eigenvalue weighted by atomic mass is 16.5. The molecular weight excluding hydrogens is 192 g/mol. The van der Waals surface area contributed by atoms with Gasteiger partial charge in [0, 0.05) is 26.5 Å². The average molecular weight is 206 g/mol. The van der Waals surface area contributed by atoms with Crippen molar-refractivity contribution in [2.45, 2.75) is 13.0 Å². The molecule has 2 heterocycles. The van der Waals surface area contributed by atoms with Crippen LogP contribution in [0.15, 0.2) is 18.5 Å². The van der Waals surface area contributed by atoms with Crippen LogP contribution in [0.1, 0.15) is 6.42 Å². The minimum atomic E-state index is 0.536. The highest BCUT2D eigenvalue weighted by molar-refractivity contribution is 5.76. The zero-order chi connectivity index (χ0) is 10.7. The van der Waals surface area contributed by atoms with Gasteiger partial charge in [0.15, 0.2) is 0 Å². The van der Waals surface area contributed by atoms with Crippen LogP contribution < -0.4 is 5.73 Å². The first-order chi connectivity index (χ1) is 7.33. The number of nitrogens with zero attached hydrogens (tertiary/aromatic N) is 3. The number of methoxy groups -OCH3 is 1. The monoisotopic (exact) mass is 206 g/mol. The Kier molecular flexibility index (Phi) is 2.82. The van der Waals surface area contributed by atoms with Gasteiger partial charge in [0.25, 0.3) is 0 Å². The summed E-state index contributed by atoms with van der Waals surface area (Å²) in [5.74, 6) is 0.536. The predicted octanol–water partition coefficient (Wildman–Crippen LogP) is 1.05. The molecule has 2 aromatic heterocycles. The van der Waals surface area contributed by atoms with E-state index in [2.05, 4.69) is 9.97 Å². The summed E-state index contributed by atoms with van der Waals surface area (Å²) in [6, 6.07) is 1.92. The summed E-state index contributed by atoms with van der Waals surface area (Å²) in [5, 5.41) is 0. The number of imidazole rings is 1. The maximum atomic E-state index is 5.82. The molecular formula is C10H14N4O. The van der Waals surface area contributed by atoms with Gasteiger partial charge in [-0.2, -0.15) is 0 Å². The van der Waals surface area contributed by atoms with E-state index >= 15 is 0 Å². The van der Waals surface area contributed by atoms with Crippen molar-refractivity contribution in [2.24, 2.45) is 0 Å². The summed E-state index contributed by atoms with van der Waals surface area (Å²) in [6.07, 6.45) is 4.39. The Labute approximate surface area is 87.9 Å². The molecule has 0 aliphatic rings. The molecule has 0 fully saturated rings. The fourth-order valence-electron chi connectivity index (χ4n) is 1.60. The molecule has 0 aliphatic carbocycles. The maximum absolute atomic E-state index is 5.82.